The molecule has 7 heteroatoms. The zero-order chi connectivity index (χ0) is 21.7. The van der Waals surface area contributed by atoms with Gasteiger partial charge in [-0.15, -0.1) is 0 Å². The minimum Gasteiger partial charge on any atom is -0.456 e. The summed E-state index contributed by atoms with van der Waals surface area (Å²) in [5.74, 6) is -0.917. The highest BCUT2D eigenvalue weighted by molar-refractivity contribution is 5.93. The number of rotatable bonds is 8. The summed E-state index contributed by atoms with van der Waals surface area (Å²) >= 11 is 0. The van der Waals surface area contributed by atoms with Gasteiger partial charge >= 0.3 is 11.7 Å². The average molecular weight is 409 g/mol. The lowest BCUT2D eigenvalue weighted by Gasteiger charge is -2.10. The van der Waals surface area contributed by atoms with Crippen LogP contribution in [0.4, 0.5) is 5.69 Å². The number of aromatic nitrogens is 2. The van der Waals surface area contributed by atoms with Gasteiger partial charge in [0.05, 0.1) is 17.5 Å². The van der Waals surface area contributed by atoms with Crippen molar-refractivity contribution in [2.24, 2.45) is 0 Å². The van der Waals surface area contributed by atoms with Crippen molar-refractivity contribution < 1.29 is 14.3 Å². The zero-order valence-corrected chi connectivity index (χ0v) is 17.6. The van der Waals surface area contributed by atoms with Crippen molar-refractivity contribution in [3.8, 4) is 0 Å². The lowest BCUT2D eigenvalue weighted by atomic mass is 10.1. The molecule has 0 aliphatic rings. The Hall–Kier alpha value is -3.35. The van der Waals surface area contributed by atoms with Gasteiger partial charge in [0, 0.05) is 18.8 Å². The summed E-state index contributed by atoms with van der Waals surface area (Å²) in [6.07, 6.45) is 0.849. The maximum Gasteiger partial charge on any atom is 0.329 e. The van der Waals surface area contributed by atoms with Crippen molar-refractivity contribution in [2.45, 2.75) is 46.7 Å². The van der Waals surface area contributed by atoms with Crippen LogP contribution in [0.5, 0.6) is 0 Å². The maximum absolute atomic E-state index is 12.7. The number of hydrogen-bond acceptors (Lipinski definition) is 4. The first-order valence-electron chi connectivity index (χ1n) is 10.1. The van der Waals surface area contributed by atoms with Gasteiger partial charge < -0.3 is 10.1 Å². The Morgan fingerprint density at radius 2 is 1.67 bits per heavy atom. The lowest BCUT2D eigenvalue weighted by Crippen LogP contribution is -2.26. The van der Waals surface area contributed by atoms with Crippen molar-refractivity contribution in [3.63, 3.8) is 0 Å². The molecule has 1 N–H and O–H groups in total. The van der Waals surface area contributed by atoms with E-state index in [4.69, 9.17) is 4.74 Å². The van der Waals surface area contributed by atoms with E-state index in [1.54, 1.807) is 9.13 Å². The number of nitrogens with one attached hydrogen (secondary N) is 1. The van der Waals surface area contributed by atoms with E-state index >= 15 is 0 Å². The molecule has 0 spiro atoms. The Morgan fingerprint density at radius 1 is 1.00 bits per heavy atom. The molecule has 7 nitrogen and oxygen atoms in total. The molecule has 1 heterocycles. The quantitative estimate of drug-likeness (QED) is 0.578. The molecule has 30 heavy (non-hydrogen) atoms. The SMILES string of the molecule is CCCn1c(=O)n(CCC(=O)OCC(=O)Nc2cc(C)ccc2C)c2ccccc21. The van der Waals surface area contributed by atoms with E-state index in [2.05, 4.69) is 5.32 Å². The minimum absolute atomic E-state index is 0.0107. The van der Waals surface area contributed by atoms with Gasteiger partial charge in [-0.05, 0) is 49.6 Å². The number of benzene rings is 2. The van der Waals surface area contributed by atoms with Crippen molar-refractivity contribution in [1.29, 1.82) is 0 Å². The minimum atomic E-state index is -0.523. The lowest BCUT2D eigenvalue weighted by molar-refractivity contribution is -0.147. The third kappa shape index (κ3) is 4.79. The molecule has 0 saturated heterocycles. The number of imidazole rings is 1. The van der Waals surface area contributed by atoms with Gasteiger partial charge in [0.15, 0.2) is 6.61 Å². The van der Waals surface area contributed by atoms with Gasteiger partial charge in [0.2, 0.25) is 0 Å². The summed E-state index contributed by atoms with van der Waals surface area (Å²) < 4.78 is 8.41. The number of carbonyl (C=O) groups is 2. The largest absolute Gasteiger partial charge is 0.456 e. The number of ether oxygens (including phenoxy) is 1. The average Bonchev–Trinajstić information content (AvgIpc) is 2.99. The van der Waals surface area contributed by atoms with Crippen LogP contribution in [0.25, 0.3) is 11.0 Å². The van der Waals surface area contributed by atoms with E-state index < -0.39 is 11.9 Å². The summed E-state index contributed by atoms with van der Waals surface area (Å²) in [6, 6.07) is 13.3. The topological polar surface area (TPSA) is 82.3 Å². The predicted molar refractivity (Wildman–Crippen MR) is 117 cm³/mol. The van der Waals surface area contributed by atoms with Crippen LogP contribution in [0.15, 0.2) is 47.3 Å². The van der Waals surface area contributed by atoms with Crippen LogP contribution >= 0.6 is 0 Å². The molecular formula is C23H27N3O4. The fraction of sp³-hybridized carbons (Fsp3) is 0.348. The molecule has 0 unspecified atom stereocenters. The summed E-state index contributed by atoms with van der Waals surface area (Å²) in [7, 11) is 0. The monoisotopic (exact) mass is 409 g/mol. The number of anilines is 1. The van der Waals surface area contributed by atoms with Crippen LogP contribution < -0.4 is 11.0 Å². The molecular weight excluding hydrogens is 382 g/mol. The highest BCUT2D eigenvalue weighted by atomic mass is 16.5. The summed E-state index contributed by atoms with van der Waals surface area (Å²) in [5, 5.41) is 2.76. The number of esters is 1. The normalized spacial score (nSPS) is 10.9. The predicted octanol–water partition coefficient (Wildman–Crippen LogP) is 3.40. The summed E-state index contributed by atoms with van der Waals surface area (Å²) in [4.78, 5) is 37.0. The van der Waals surface area contributed by atoms with E-state index in [0.29, 0.717) is 12.2 Å². The first kappa shape index (κ1) is 21.4. The van der Waals surface area contributed by atoms with Gasteiger partial charge in [-0.3, -0.25) is 18.7 Å². The smallest absolute Gasteiger partial charge is 0.329 e. The number of nitrogens with zero attached hydrogens (tertiary/aromatic N) is 2. The highest BCUT2D eigenvalue weighted by Crippen LogP contribution is 2.16. The summed E-state index contributed by atoms with van der Waals surface area (Å²) in [6.45, 7) is 6.31. The first-order valence-corrected chi connectivity index (χ1v) is 10.1. The van der Waals surface area contributed by atoms with Gasteiger partial charge in [0.1, 0.15) is 0 Å². The first-order chi connectivity index (χ1) is 14.4. The molecule has 0 aliphatic carbocycles. The number of fused-ring (bicyclic) bond motifs is 1. The van der Waals surface area contributed by atoms with Crippen LogP contribution in [-0.4, -0.2) is 27.6 Å². The molecule has 158 valence electrons. The third-order valence-electron chi connectivity index (χ3n) is 4.94. The molecule has 1 amide bonds. The number of aryl methyl sites for hydroxylation is 4. The highest BCUT2D eigenvalue weighted by Gasteiger charge is 2.14. The van der Waals surface area contributed by atoms with Crippen molar-refractivity contribution in [3.05, 3.63) is 64.1 Å². The second-order valence-electron chi connectivity index (χ2n) is 7.35. The van der Waals surface area contributed by atoms with Gasteiger partial charge in [-0.1, -0.05) is 31.2 Å². The van der Waals surface area contributed by atoms with Crippen LogP contribution in [0.2, 0.25) is 0 Å². The Morgan fingerprint density at radius 3 is 2.33 bits per heavy atom. The molecule has 0 radical (unpaired) electrons. The van der Waals surface area contributed by atoms with Crippen LogP contribution in [0, 0.1) is 13.8 Å². The fourth-order valence-electron chi connectivity index (χ4n) is 3.41. The Kier molecular flexibility index (Phi) is 6.72. The van der Waals surface area contributed by atoms with E-state index in [-0.39, 0.29) is 25.3 Å². The molecule has 0 atom stereocenters. The van der Waals surface area contributed by atoms with E-state index in [9.17, 15) is 14.4 Å². The van der Waals surface area contributed by atoms with Gasteiger partial charge in [0.25, 0.3) is 5.91 Å². The van der Waals surface area contributed by atoms with E-state index in [0.717, 1.165) is 28.6 Å². The number of amides is 1. The Labute approximate surface area is 175 Å². The van der Waals surface area contributed by atoms with Crippen LogP contribution in [0.3, 0.4) is 0 Å². The number of carbonyl (C=O) groups excluding carboxylic acids is 2. The molecule has 3 aromatic rings. The van der Waals surface area contributed by atoms with E-state index in [1.807, 2.05) is 63.2 Å². The van der Waals surface area contributed by atoms with Crippen LogP contribution in [-0.2, 0) is 27.4 Å². The zero-order valence-electron chi connectivity index (χ0n) is 17.6. The Balaban J connectivity index is 1.59. The van der Waals surface area contributed by atoms with Crippen molar-refractivity contribution >= 4 is 28.6 Å². The van der Waals surface area contributed by atoms with Crippen molar-refractivity contribution in [2.75, 3.05) is 11.9 Å². The second kappa shape index (κ2) is 9.43. The third-order valence-corrected chi connectivity index (χ3v) is 4.94. The molecule has 0 aliphatic heterocycles. The molecule has 0 bridgehead atoms. The number of para-hydroxylation sites is 2. The molecule has 3 rings (SSSR count). The maximum atomic E-state index is 12.7. The van der Waals surface area contributed by atoms with Crippen molar-refractivity contribution in [1.82, 2.24) is 9.13 Å². The molecule has 2 aromatic carbocycles. The standard InChI is InChI=1S/C23H27N3O4/c1-4-12-25-19-7-5-6-8-20(19)26(23(25)29)13-11-22(28)30-15-21(27)24-18-14-16(2)9-10-17(18)3/h5-10,14H,4,11-13,15H2,1-3H3,(H,24,27). The summed E-state index contributed by atoms with van der Waals surface area (Å²) in [5.41, 5.74) is 4.16. The van der Waals surface area contributed by atoms with E-state index in [1.165, 1.54) is 0 Å². The molecule has 0 saturated carbocycles. The molecule has 0 fully saturated rings. The van der Waals surface area contributed by atoms with Gasteiger partial charge in [-0.2, -0.15) is 0 Å². The van der Waals surface area contributed by atoms with Crippen LogP contribution in [0.1, 0.15) is 30.9 Å². The second-order valence-corrected chi connectivity index (χ2v) is 7.35. The fourth-order valence-corrected chi connectivity index (χ4v) is 3.41. The van der Waals surface area contributed by atoms with Gasteiger partial charge in [-0.25, -0.2) is 4.79 Å². The molecule has 1 aromatic heterocycles. The Bertz CT molecular complexity index is 1130. The number of hydrogen-bond donors (Lipinski definition) is 1.